The molecule has 0 saturated heterocycles. The molecule has 0 fully saturated rings. The van der Waals surface area contributed by atoms with Gasteiger partial charge in [-0.15, -0.1) is 0 Å². The van der Waals surface area contributed by atoms with Crippen molar-refractivity contribution in [2.24, 2.45) is 0 Å². The lowest BCUT2D eigenvalue weighted by Crippen LogP contribution is -2.18. The molecule has 1 atom stereocenters. The van der Waals surface area contributed by atoms with E-state index in [1.165, 1.54) is 11.1 Å². The molecule has 1 heterocycles. The van der Waals surface area contributed by atoms with Gasteiger partial charge in [0.15, 0.2) is 0 Å². The lowest BCUT2D eigenvalue weighted by atomic mass is 9.96. The molecule has 0 amide bonds. The summed E-state index contributed by atoms with van der Waals surface area (Å²) in [6, 6.07) is 12.1. The Hall–Kier alpha value is -1.71. The van der Waals surface area contributed by atoms with Gasteiger partial charge in [-0.1, -0.05) is 23.7 Å². The lowest BCUT2D eigenvalue weighted by molar-refractivity contribution is 0.357. The van der Waals surface area contributed by atoms with E-state index in [2.05, 4.69) is 17.4 Å². The maximum Gasteiger partial charge on any atom is 0.124 e. The third-order valence-electron chi connectivity index (χ3n) is 3.84. The van der Waals surface area contributed by atoms with Gasteiger partial charge in [0.25, 0.3) is 0 Å². The first-order valence-corrected chi connectivity index (χ1v) is 7.37. The summed E-state index contributed by atoms with van der Waals surface area (Å²) in [5.74, 6) is 1.82. The molecule has 1 N–H and O–H groups in total. The average Bonchev–Trinajstić information content (AvgIpc) is 2.96. The van der Waals surface area contributed by atoms with Crippen molar-refractivity contribution >= 4 is 11.6 Å². The molecule has 3 rings (SSSR count). The smallest absolute Gasteiger partial charge is 0.124 e. The molecule has 21 heavy (non-hydrogen) atoms. The van der Waals surface area contributed by atoms with Gasteiger partial charge in [0.1, 0.15) is 11.5 Å². The van der Waals surface area contributed by atoms with Gasteiger partial charge in [0.2, 0.25) is 0 Å². The highest BCUT2D eigenvalue weighted by atomic mass is 35.5. The number of fused-ring (bicyclic) bond motifs is 1. The van der Waals surface area contributed by atoms with Crippen LogP contribution in [0.4, 0.5) is 0 Å². The molecule has 110 valence electrons. The van der Waals surface area contributed by atoms with Crippen LogP contribution in [0.15, 0.2) is 36.4 Å². The third-order valence-corrected chi connectivity index (χ3v) is 4.07. The van der Waals surface area contributed by atoms with Gasteiger partial charge in [-0.2, -0.15) is 0 Å². The third kappa shape index (κ3) is 2.71. The molecule has 0 spiro atoms. The molecular weight excluding hydrogens is 286 g/mol. The second-order valence-corrected chi connectivity index (χ2v) is 5.51. The Morgan fingerprint density at radius 3 is 2.86 bits per heavy atom. The van der Waals surface area contributed by atoms with Gasteiger partial charge >= 0.3 is 0 Å². The predicted octanol–water partition coefficient (Wildman–Crippen LogP) is 3.59. The molecule has 4 heteroatoms. The number of hydrogen-bond acceptors (Lipinski definition) is 3. The first-order valence-electron chi connectivity index (χ1n) is 6.99. The standard InChI is InChI=1S/C17H18ClNO2/c1-19-17(14-10-13(18)4-6-16(14)20-2)12-3-5-15-11(9-12)7-8-21-15/h3-6,9-10,17,19H,7-8H2,1-2H3. The number of rotatable bonds is 4. The maximum atomic E-state index is 6.15. The topological polar surface area (TPSA) is 30.5 Å². The monoisotopic (exact) mass is 303 g/mol. The Morgan fingerprint density at radius 2 is 2.10 bits per heavy atom. The van der Waals surface area contributed by atoms with Crippen molar-refractivity contribution in [2.45, 2.75) is 12.5 Å². The average molecular weight is 304 g/mol. The zero-order valence-corrected chi connectivity index (χ0v) is 12.9. The summed E-state index contributed by atoms with van der Waals surface area (Å²) in [4.78, 5) is 0. The normalized spacial score (nSPS) is 14.4. The van der Waals surface area contributed by atoms with Crippen LogP contribution in [-0.2, 0) is 6.42 Å². The van der Waals surface area contributed by atoms with Crippen LogP contribution in [0.1, 0.15) is 22.7 Å². The van der Waals surface area contributed by atoms with Crippen LogP contribution in [0, 0.1) is 0 Å². The molecule has 1 aliphatic heterocycles. The van der Waals surface area contributed by atoms with Crippen molar-refractivity contribution < 1.29 is 9.47 Å². The molecular formula is C17H18ClNO2. The Balaban J connectivity index is 2.04. The van der Waals surface area contributed by atoms with Crippen LogP contribution in [0.25, 0.3) is 0 Å². The molecule has 0 aliphatic carbocycles. The Morgan fingerprint density at radius 1 is 1.24 bits per heavy atom. The summed E-state index contributed by atoms with van der Waals surface area (Å²) in [7, 11) is 3.62. The largest absolute Gasteiger partial charge is 0.496 e. The van der Waals surface area contributed by atoms with Crippen LogP contribution in [0.3, 0.4) is 0 Å². The first-order chi connectivity index (χ1) is 10.2. The van der Waals surface area contributed by atoms with Gasteiger partial charge in [-0.05, 0) is 42.4 Å². The summed E-state index contributed by atoms with van der Waals surface area (Å²) in [6.07, 6.45) is 0.965. The molecule has 0 aromatic heterocycles. The summed E-state index contributed by atoms with van der Waals surface area (Å²) in [5, 5.41) is 4.05. The second-order valence-electron chi connectivity index (χ2n) is 5.07. The van der Waals surface area contributed by atoms with Crippen LogP contribution in [-0.4, -0.2) is 20.8 Å². The Bertz CT molecular complexity index is 657. The fourth-order valence-electron chi connectivity index (χ4n) is 2.82. The highest BCUT2D eigenvalue weighted by molar-refractivity contribution is 6.30. The van der Waals surface area contributed by atoms with Crippen molar-refractivity contribution in [3.05, 3.63) is 58.1 Å². The van der Waals surface area contributed by atoms with Crippen molar-refractivity contribution in [3.8, 4) is 11.5 Å². The van der Waals surface area contributed by atoms with E-state index in [1.807, 2.05) is 31.3 Å². The molecule has 1 unspecified atom stereocenters. The van der Waals surface area contributed by atoms with Crippen LogP contribution in [0.2, 0.25) is 5.02 Å². The van der Waals surface area contributed by atoms with Crippen LogP contribution < -0.4 is 14.8 Å². The van der Waals surface area contributed by atoms with Gasteiger partial charge in [-0.3, -0.25) is 0 Å². The van der Waals surface area contributed by atoms with E-state index in [1.54, 1.807) is 7.11 Å². The minimum absolute atomic E-state index is 0.0320. The maximum absolute atomic E-state index is 6.15. The second kappa shape index (κ2) is 5.96. The summed E-state index contributed by atoms with van der Waals surface area (Å²) in [6.45, 7) is 0.767. The quantitative estimate of drug-likeness (QED) is 0.936. The fourth-order valence-corrected chi connectivity index (χ4v) is 3.00. The molecule has 3 nitrogen and oxygen atoms in total. The van der Waals surface area contributed by atoms with Crippen LogP contribution in [0.5, 0.6) is 11.5 Å². The molecule has 0 bridgehead atoms. The SMILES string of the molecule is CNC(c1ccc2c(c1)CCO2)c1cc(Cl)ccc1OC. The van der Waals surface area contributed by atoms with Gasteiger partial charge < -0.3 is 14.8 Å². The Kier molecular flexibility index (Phi) is 4.04. The lowest BCUT2D eigenvalue weighted by Gasteiger charge is -2.20. The highest BCUT2D eigenvalue weighted by Gasteiger charge is 2.20. The zero-order chi connectivity index (χ0) is 14.8. The van der Waals surface area contributed by atoms with E-state index in [-0.39, 0.29) is 6.04 Å². The number of benzene rings is 2. The molecule has 0 radical (unpaired) electrons. The zero-order valence-electron chi connectivity index (χ0n) is 12.2. The number of ether oxygens (including phenoxy) is 2. The number of methoxy groups -OCH3 is 1. The summed E-state index contributed by atoms with van der Waals surface area (Å²) in [5.41, 5.74) is 3.47. The van der Waals surface area contributed by atoms with Crippen molar-refractivity contribution in [1.82, 2.24) is 5.32 Å². The van der Waals surface area contributed by atoms with E-state index in [4.69, 9.17) is 21.1 Å². The Labute approximate surface area is 129 Å². The van der Waals surface area contributed by atoms with Gasteiger partial charge in [0, 0.05) is 17.0 Å². The summed E-state index contributed by atoms with van der Waals surface area (Å²) < 4.78 is 11.0. The van der Waals surface area contributed by atoms with E-state index in [0.717, 1.165) is 30.1 Å². The van der Waals surface area contributed by atoms with E-state index < -0.39 is 0 Å². The predicted molar refractivity (Wildman–Crippen MR) is 84.5 cm³/mol. The number of nitrogens with one attached hydrogen (secondary N) is 1. The van der Waals surface area contributed by atoms with Crippen LogP contribution >= 0.6 is 11.6 Å². The summed E-state index contributed by atoms with van der Waals surface area (Å²) >= 11 is 6.15. The fraction of sp³-hybridized carbons (Fsp3) is 0.294. The number of halogens is 1. The number of hydrogen-bond donors (Lipinski definition) is 1. The molecule has 1 aliphatic rings. The van der Waals surface area contributed by atoms with Crippen molar-refractivity contribution in [3.63, 3.8) is 0 Å². The van der Waals surface area contributed by atoms with E-state index >= 15 is 0 Å². The first kappa shape index (κ1) is 14.2. The minimum Gasteiger partial charge on any atom is -0.496 e. The molecule has 2 aromatic carbocycles. The van der Waals surface area contributed by atoms with Crippen molar-refractivity contribution in [2.75, 3.05) is 20.8 Å². The van der Waals surface area contributed by atoms with Gasteiger partial charge in [-0.25, -0.2) is 0 Å². The highest BCUT2D eigenvalue weighted by Crippen LogP contribution is 2.35. The van der Waals surface area contributed by atoms with E-state index in [9.17, 15) is 0 Å². The molecule has 0 saturated carbocycles. The minimum atomic E-state index is 0.0320. The molecule has 2 aromatic rings. The van der Waals surface area contributed by atoms with Gasteiger partial charge in [0.05, 0.1) is 19.8 Å². The van der Waals surface area contributed by atoms with Crippen molar-refractivity contribution in [1.29, 1.82) is 0 Å². The van der Waals surface area contributed by atoms with E-state index in [0.29, 0.717) is 5.02 Å².